The van der Waals surface area contributed by atoms with Crippen LogP contribution >= 0.6 is 0 Å². The van der Waals surface area contributed by atoms with Gasteiger partial charge in [-0.05, 0) is 36.4 Å². The lowest BCUT2D eigenvalue weighted by atomic mass is 10.3. The van der Waals surface area contributed by atoms with Crippen LogP contribution in [0.1, 0.15) is 5.69 Å². The number of sulfone groups is 1. The van der Waals surface area contributed by atoms with Crippen molar-refractivity contribution in [3.8, 4) is 0 Å². The maximum Gasteiger partial charge on any atom is 0.229 e. The first-order chi connectivity index (χ1) is 13.9. The molecule has 1 aromatic carbocycles. The highest BCUT2D eigenvalue weighted by molar-refractivity contribution is 7.90. The molecule has 0 fully saturated rings. The van der Waals surface area contributed by atoms with Gasteiger partial charge in [0.05, 0.1) is 23.5 Å². The van der Waals surface area contributed by atoms with Crippen LogP contribution in [-0.4, -0.2) is 46.6 Å². The van der Waals surface area contributed by atoms with Gasteiger partial charge >= 0.3 is 0 Å². The summed E-state index contributed by atoms with van der Waals surface area (Å²) in [5, 5.41) is 3.21. The smallest absolute Gasteiger partial charge is 0.229 e. The molecule has 29 heavy (non-hydrogen) atoms. The van der Waals surface area contributed by atoms with Gasteiger partial charge in [0, 0.05) is 25.2 Å². The number of aromatic amines is 1. The van der Waals surface area contributed by atoms with E-state index in [4.69, 9.17) is 0 Å². The van der Waals surface area contributed by atoms with Gasteiger partial charge in [0.25, 0.3) is 0 Å². The zero-order chi connectivity index (χ0) is 20.4. The van der Waals surface area contributed by atoms with Crippen LogP contribution in [0.3, 0.4) is 0 Å². The van der Waals surface area contributed by atoms with E-state index in [1.54, 1.807) is 36.8 Å². The summed E-state index contributed by atoms with van der Waals surface area (Å²) in [4.78, 5) is 22.9. The summed E-state index contributed by atoms with van der Waals surface area (Å²) in [6, 6.07) is 12.2. The van der Waals surface area contributed by atoms with E-state index >= 15 is 0 Å². The second-order valence-corrected chi connectivity index (χ2v) is 8.59. The lowest BCUT2D eigenvalue weighted by molar-refractivity contribution is 0.602. The van der Waals surface area contributed by atoms with Crippen LogP contribution in [0.5, 0.6) is 0 Å². The van der Waals surface area contributed by atoms with Crippen molar-refractivity contribution in [2.75, 3.05) is 23.5 Å². The molecule has 0 unspecified atom stereocenters. The lowest BCUT2D eigenvalue weighted by Crippen LogP contribution is -2.20. The summed E-state index contributed by atoms with van der Waals surface area (Å²) in [5.74, 6) is 1.04. The highest BCUT2D eigenvalue weighted by Gasteiger charge is 2.14. The van der Waals surface area contributed by atoms with Gasteiger partial charge in [-0.15, -0.1) is 0 Å². The minimum atomic E-state index is -3.25. The molecule has 10 heteroatoms. The minimum absolute atomic E-state index is 0.258. The summed E-state index contributed by atoms with van der Waals surface area (Å²) < 4.78 is 23.3. The molecule has 4 rings (SSSR count). The standard InChI is InChI=1S/C19H19N7O2S/c1-26(11-14-5-3-4-10-20-14)19-24-17-16(21-12-22-17)18(25-19)23-13-6-8-15(9-7-13)29(2,27)28/h3-10,12H,11H2,1-2H3,(H2,21,22,23,24,25). The highest BCUT2D eigenvalue weighted by Crippen LogP contribution is 2.25. The number of benzene rings is 1. The molecule has 3 aromatic heterocycles. The quantitative estimate of drug-likeness (QED) is 0.499. The minimum Gasteiger partial charge on any atom is -0.340 e. The van der Waals surface area contributed by atoms with Crippen LogP contribution < -0.4 is 10.2 Å². The van der Waals surface area contributed by atoms with Crippen molar-refractivity contribution in [1.29, 1.82) is 0 Å². The molecule has 0 radical (unpaired) electrons. The number of nitrogens with zero attached hydrogens (tertiary/aromatic N) is 5. The van der Waals surface area contributed by atoms with E-state index in [-0.39, 0.29) is 4.90 Å². The van der Waals surface area contributed by atoms with E-state index in [0.29, 0.717) is 35.2 Å². The third-order valence-electron chi connectivity index (χ3n) is 4.29. The lowest BCUT2D eigenvalue weighted by Gasteiger charge is -2.17. The highest BCUT2D eigenvalue weighted by atomic mass is 32.2. The van der Waals surface area contributed by atoms with Crippen LogP contribution in [0, 0.1) is 0 Å². The van der Waals surface area contributed by atoms with Gasteiger partial charge in [-0.3, -0.25) is 4.98 Å². The number of imidazole rings is 1. The first-order valence-corrected chi connectivity index (χ1v) is 10.7. The molecule has 4 aromatic rings. The Kier molecular flexibility index (Phi) is 4.85. The monoisotopic (exact) mass is 409 g/mol. The van der Waals surface area contributed by atoms with E-state index in [2.05, 4.69) is 30.2 Å². The first kappa shape index (κ1) is 18.8. The number of anilines is 3. The molecule has 148 valence electrons. The summed E-state index contributed by atoms with van der Waals surface area (Å²) in [7, 11) is -1.37. The first-order valence-electron chi connectivity index (χ1n) is 8.79. The summed E-state index contributed by atoms with van der Waals surface area (Å²) in [6.45, 7) is 0.541. The fraction of sp³-hybridized carbons (Fsp3) is 0.158. The number of rotatable bonds is 6. The largest absolute Gasteiger partial charge is 0.340 e. The molecule has 0 aliphatic rings. The van der Waals surface area contributed by atoms with E-state index in [1.165, 1.54) is 6.26 Å². The Morgan fingerprint density at radius 3 is 2.55 bits per heavy atom. The van der Waals surface area contributed by atoms with Gasteiger partial charge in [-0.2, -0.15) is 9.97 Å². The Bertz CT molecular complexity index is 1240. The number of hydrogen-bond donors (Lipinski definition) is 2. The Labute approximate surface area is 167 Å². The summed E-state index contributed by atoms with van der Waals surface area (Å²) in [6.07, 6.45) is 4.48. The molecular weight excluding hydrogens is 390 g/mol. The molecule has 0 aliphatic carbocycles. The molecule has 0 saturated carbocycles. The molecule has 3 heterocycles. The van der Waals surface area contributed by atoms with Crippen LogP contribution in [0.15, 0.2) is 59.9 Å². The zero-order valence-corrected chi connectivity index (χ0v) is 16.7. The van der Waals surface area contributed by atoms with Crippen molar-refractivity contribution in [3.05, 3.63) is 60.7 Å². The molecule has 0 aliphatic heterocycles. The van der Waals surface area contributed by atoms with Crippen molar-refractivity contribution in [1.82, 2.24) is 24.9 Å². The van der Waals surface area contributed by atoms with Crippen LogP contribution in [0.4, 0.5) is 17.5 Å². The normalized spacial score (nSPS) is 11.5. The van der Waals surface area contributed by atoms with Crippen LogP contribution in [-0.2, 0) is 16.4 Å². The average molecular weight is 409 g/mol. The fourth-order valence-electron chi connectivity index (χ4n) is 2.81. The Balaban J connectivity index is 1.64. The van der Waals surface area contributed by atoms with Crippen molar-refractivity contribution < 1.29 is 8.42 Å². The third-order valence-corrected chi connectivity index (χ3v) is 5.41. The van der Waals surface area contributed by atoms with Gasteiger partial charge in [-0.25, -0.2) is 13.4 Å². The molecule has 0 bridgehead atoms. The molecule has 9 nitrogen and oxygen atoms in total. The van der Waals surface area contributed by atoms with Crippen molar-refractivity contribution in [3.63, 3.8) is 0 Å². The average Bonchev–Trinajstić information content (AvgIpc) is 3.17. The summed E-state index contributed by atoms with van der Waals surface area (Å²) in [5.41, 5.74) is 2.78. The molecular formula is C19H19N7O2S. The topological polar surface area (TPSA) is 117 Å². The predicted molar refractivity (Wildman–Crippen MR) is 111 cm³/mol. The number of fused-ring (bicyclic) bond motifs is 1. The molecule has 0 amide bonds. The Morgan fingerprint density at radius 1 is 1.07 bits per heavy atom. The van der Waals surface area contributed by atoms with Crippen molar-refractivity contribution >= 4 is 38.5 Å². The maximum absolute atomic E-state index is 11.6. The number of pyridine rings is 1. The summed E-state index contributed by atoms with van der Waals surface area (Å²) >= 11 is 0. The van der Waals surface area contributed by atoms with E-state index in [1.807, 2.05) is 30.1 Å². The van der Waals surface area contributed by atoms with Gasteiger partial charge in [0.1, 0.15) is 5.52 Å². The van der Waals surface area contributed by atoms with E-state index in [9.17, 15) is 8.42 Å². The Morgan fingerprint density at radius 2 is 1.86 bits per heavy atom. The van der Waals surface area contributed by atoms with Crippen LogP contribution in [0.2, 0.25) is 0 Å². The number of nitrogens with one attached hydrogen (secondary N) is 2. The van der Waals surface area contributed by atoms with Gasteiger partial charge < -0.3 is 15.2 Å². The van der Waals surface area contributed by atoms with Crippen molar-refractivity contribution in [2.24, 2.45) is 0 Å². The second kappa shape index (κ2) is 7.47. The van der Waals surface area contributed by atoms with Crippen LogP contribution in [0.25, 0.3) is 11.2 Å². The van der Waals surface area contributed by atoms with Gasteiger partial charge in [0.2, 0.25) is 5.95 Å². The van der Waals surface area contributed by atoms with Gasteiger partial charge in [0.15, 0.2) is 21.3 Å². The molecule has 2 N–H and O–H groups in total. The fourth-order valence-corrected chi connectivity index (χ4v) is 3.44. The molecule has 0 atom stereocenters. The maximum atomic E-state index is 11.6. The molecule has 0 spiro atoms. The number of aromatic nitrogens is 5. The van der Waals surface area contributed by atoms with Crippen molar-refractivity contribution in [2.45, 2.75) is 11.4 Å². The predicted octanol–water partition coefficient (Wildman–Crippen LogP) is 2.53. The van der Waals surface area contributed by atoms with Gasteiger partial charge in [-0.1, -0.05) is 6.07 Å². The number of hydrogen-bond acceptors (Lipinski definition) is 8. The SMILES string of the molecule is CN(Cc1ccccn1)c1nc(Nc2ccc(S(C)(=O)=O)cc2)c2[nH]cnc2n1. The van der Waals surface area contributed by atoms with E-state index in [0.717, 1.165) is 5.69 Å². The zero-order valence-electron chi connectivity index (χ0n) is 15.9. The number of H-pyrrole nitrogens is 1. The van der Waals surface area contributed by atoms with E-state index < -0.39 is 9.84 Å². The third kappa shape index (κ3) is 4.16. The Hall–Kier alpha value is -3.53. The second-order valence-electron chi connectivity index (χ2n) is 6.57. The molecule has 0 saturated heterocycles.